The average Bonchev–Trinajstić information content (AvgIpc) is 2.76. The zero-order valence-electron chi connectivity index (χ0n) is 9.34. The van der Waals surface area contributed by atoms with Crippen molar-refractivity contribution in [2.75, 3.05) is 31.1 Å². The van der Waals surface area contributed by atoms with Crippen LogP contribution in [0.3, 0.4) is 0 Å². The molecule has 0 aromatic carbocycles. The maximum atomic E-state index is 12.1. The van der Waals surface area contributed by atoms with Crippen LogP contribution in [-0.4, -0.2) is 47.3 Å². The highest BCUT2D eigenvalue weighted by molar-refractivity contribution is 7.16. The van der Waals surface area contributed by atoms with E-state index in [1.54, 1.807) is 0 Å². The molecule has 18 heavy (non-hydrogen) atoms. The molecule has 1 amide bonds. The predicted molar refractivity (Wildman–Crippen MR) is 64.1 cm³/mol. The van der Waals surface area contributed by atoms with Gasteiger partial charge in [-0.25, -0.2) is 9.78 Å². The van der Waals surface area contributed by atoms with Crippen LogP contribution < -0.4 is 4.90 Å². The van der Waals surface area contributed by atoms with Crippen molar-refractivity contribution in [1.29, 1.82) is 0 Å². The van der Waals surface area contributed by atoms with Crippen LogP contribution in [-0.2, 0) is 0 Å². The highest BCUT2D eigenvalue weighted by atomic mass is 32.1. The Bertz CT molecular complexity index is 465. The van der Waals surface area contributed by atoms with E-state index in [4.69, 9.17) is 5.11 Å². The molecule has 0 saturated carbocycles. The molecule has 1 aromatic heterocycles. The first kappa shape index (κ1) is 12.7. The van der Waals surface area contributed by atoms with Crippen LogP contribution in [0.4, 0.5) is 18.7 Å². The van der Waals surface area contributed by atoms with Crippen molar-refractivity contribution < 1.29 is 18.7 Å². The number of anilines is 1. The zero-order chi connectivity index (χ0) is 13.1. The van der Waals surface area contributed by atoms with Gasteiger partial charge in [0.05, 0.1) is 4.88 Å². The van der Waals surface area contributed by atoms with Crippen molar-refractivity contribution in [3.63, 3.8) is 0 Å². The monoisotopic (exact) mass is 275 g/mol. The lowest BCUT2D eigenvalue weighted by atomic mass is 10.3. The third kappa shape index (κ3) is 2.95. The molecule has 1 fully saturated rings. The standard InChI is InChI=1S/C10H11F2N3O2S/c11-8(12)5-7-6-13-9(18-7)14-1-3-15(4-2-14)10(16)17/h5-6H,1-4H2,(H,16,17). The average molecular weight is 275 g/mol. The number of piperazine rings is 1. The molecule has 0 spiro atoms. The lowest BCUT2D eigenvalue weighted by molar-refractivity contribution is 0.142. The molecule has 0 radical (unpaired) electrons. The van der Waals surface area contributed by atoms with Crippen molar-refractivity contribution in [3.05, 3.63) is 17.2 Å². The summed E-state index contributed by atoms with van der Waals surface area (Å²) in [5.74, 6) is 0. The fourth-order valence-electron chi connectivity index (χ4n) is 1.69. The molecule has 0 aliphatic carbocycles. The molecule has 0 bridgehead atoms. The van der Waals surface area contributed by atoms with Crippen molar-refractivity contribution in [2.24, 2.45) is 0 Å². The second-order valence-corrected chi connectivity index (χ2v) is 4.78. The molecule has 2 rings (SSSR count). The van der Waals surface area contributed by atoms with Crippen LogP contribution in [0.25, 0.3) is 6.08 Å². The van der Waals surface area contributed by atoms with E-state index in [9.17, 15) is 13.6 Å². The van der Waals surface area contributed by atoms with Gasteiger partial charge in [-0.2, -0.15) is 8.78 Å². The van der Waals surface area contributed by atoms with Crippen molar-refractivity contribution in [2.45, 2.75) is 0 Å². The Morgan fingerprint density at radius 3 is 2.61 bits per heavy atom. The third-order valence-electron chi connectivity index (χ3n) is 2.58. The van der Waals surface area contributed by atoms with Gasteiger partial charge in [-0.15, -0.1) is 0 Å². The molecule has 1 saturated heterocycles. The number of nitrogens with zero attached hydrogens (tertiary/aromatic N) is 3. The zero-order valence-corrected chi connectivity index (χ0v) is 10.2. The number of thiazole rings is 1. The van der Waals surface area contributed by atoms with E-state index in [-0.39, 0.29) is 0 Å². The number of rotatable bonds is 2. The summed E-state index contributed by atoms with van der Waals surface area (Å²) in [6.07, 6.45) is -0.519. The van der Waals surface area contributed by atoms with Crippen LogP contribution >= 0.6 is 11.3 Å². The van der Waals surface area contributed by atoms with Crippen LogP contribution in [0, 0.1) is 0 Å². The maximum absolute atomic E-state index is 12.1. The molecule has 8 heteroatoms. The van der Waals surface area contributed by atoms with Crippen LogP contribution in [0.5, 0.6) is 0 Å². The number of amides is 1. The Labute approximate surface area is 106 Å². The second-order valence-electron chi connectivity index (χ2n) is 3.74. The molecule has 1 aliphatic rings. The summed E-state index contributed by atoms with van der Waals surface area (Å²) < 4.78 is 24.1. The number of halogens is 2. The summed E-state index contributed by atoms with van der Waals surface area (Å²) in [5, 5.41) is 9.45. The van der Waals surface area contributed by atoms with E-state index in [0.29, 0.717) is 36.2 Å². The predicted octanol–water partition coefficient (Wildman–Crippen LogP) is 2.18. The molecule has 1 aromatic rings. The number of carbonyl (C=O) groups is 1. The fraction of sp³-hybridized carbons (Fsp3) is 0.400. The SMILES string of the molecule is O=C(O)N1CCN(c2ncc(C=C(F)F)s2)CC1. The lowest BCUT2D eigenvalue weighted by Crippen LogP contribution is -2.48. The van der Waals surface area contributed by atoms with Gasteiger partial charge in [0.25, 0.3) is 6.08 Å². The summed E-state index contributed by atoms with van der Waals surface area (Å²) >= 11 is 1.17. The summed E-state index contributed by atoms with van der Waals surface area (Å²) in [5.41, 5.74) is 0. The van der Waals surface area contributed by atoms with E-state index in [1.165, 1.54) is 22.4 Å². The number of hydrogen-bond donors (Lipinski definition) is 1. The van der Waals surface area contributed by atoms with E-state index < -0.39 is 12.2 Å². The maximum Gasteiger partial charge on any atom is 0.407 e. The second kappa shape index (κ2) is 5.30. The minimum absolute atomic E-state index is 0.394. The topological polar surface area (TPSA) is 56.7 Å². The summed E-state index contributed by atoms with van der Waals surface area (Å²) in [7, 11) is 0. The van der Waals surface area contributed by atoms with Crippen LogP contribution in [0.2, 0.25) is 0 Å². The third-order valence-corrected chi connectivity index (χ3v) is 3.59. The van der Waals surface area contributed by atoms with E-state index in [2.05, 4.69) is 4.98 Å². The molecule has 0 atom stereocenters. The Balaban J connectivity index is 1.99. The number of aromatic nitrogens is 1. The Hall–Kier alpha value is -1.70. The van der Waals surface area contributed by atoms with Gasteiger partial charge in [0.1, 0.15) is 0 Å². The van der Waals surface area contributed by atoms with Gasteiger partial charge in [0.15, 0.2) is 5.13 Å². The van der Waals surface area contributed by atoms with Crippen molar-refractivity contribution >= 4 is 28.6 Å². The normalized spacial score (nSPS) is 15.7. The first-order chi connectivity index (χ1) is 8.56. The summed E-state index contributed by atoms with van der Waals surface area (Å²) in [4.78, 5) is 18.4. The summed E-state index contributed by atoms with van der Waals surface area (Å²) in [6.45, 7) is 1.86. The minimum Gasteiger partial charge on any atom is -0.465 e. The van der Waals surface area contributed by atoms with E-state index >= 15 is 0 Å². The highest BCUT2D eigenvalue weighted by Crippen LogP contribution is 2.25. The van der Waals surface area contributed by atoms with Gasteiger partial charge in [0.2, 0.25) is 0 Å². The smallest absolute Gasteiger partial charge is 0.407 e. The highest BCUT2D eigenvalue weighted by Gasteiger charge is 2.22. The van der Waals surface area contributed by atoms with Crippen molar-refractivity contribution in [1.82, 2.24) is 9.88 Å². The molecule has 5 nitrogen and oxygen atoms in total. The quantitative estimate of drug-likeness (QED) is 0.898. The molecular formula is C10H11F2N3O2S. The number of carboxylic acid groups (broad SMARTS) is 1. The van der Waals surface area contributed by atoms with Crippen molar-refractivity contribution in [3.8, 4) is 0 Å². The Kier molecular flexibility index (Phi) is 3.75. The molecule has 0 unspecified atom stereocenters. The summed E-state index contributed by atoms with van der Waals surface area (Å²) in [6, 6.07) is 0. The van der Waals surface area contributed by atoms with Crippen LogP contribution in [0.15, 0.2) is 12.3 Å². The van der Waals surface area contributed by atoms with Crippen LogP contribution in [0.1, 0.15) is 4.88 Å². The molecular weight excluding hydrogens is 264 g/mol. The molecule has 1 aliphatic heterocycles. The van der Waals surface area contributed by atoms with E-state index in [1.807, 2.05) is 4.90 Å². The molecule has 2 heterocycles. The van der Waals surface area contributed by atoms with E-state index in [0.717, 1.165) is 6.08 Å². The number of hydrogen-bond acceptors (Lipinski definition) is 4. The first-order valence-electron chi connectivity index (χ1n) is 5.27. The van der Waals surface area contributed by atoms with Gasteiger partial charge >= 0.3 is 6.09 Å². The minimum atomic E-state index is -1.75. The lowest BCUT2D eigenvalue weighted by Gasteiger charge is -2.32. The van der Waals surface area contributed by atoms with Gasteiger partial charge in [-0.1, -0.05) is 11.3 Å². The van der Waals surface area contributed by atoms with Gasteiger partial charge in [-0.3, -0.25) is 0 Å². The van der Waals surface area contributed by atoms with Gasteiger partial charge in [-0.05, 0) is 0 Å². The Morgan fingerprint density at radius 2 is 2.06 bits per heavy atom. The van der Waals surface area contributed by atoms with Gasteiger partial charge in [0, 0.05) is 38.5 Å². The first-order valence-corrected chi connectivity index (χ1v) is 6.09. The Morgan fingerprint density at radius 1 is 1.39 bits per heavy atom. The molecule has 1 N–H and O–H groups in total. The fourth-order valence-corrected chi connectivity index (χ4v) is 2.57. The largest absolute Gasteiger partial charge is 0.465 e. The molecule has 98 valence electrons. The van der Waals surface area contributed by atoms with Gasteiger partial charge < -0.3 is 14.9 Å².